The molecule has 0 bridgehead atoms. The molecule has 16 heavy (non-hydrogen) atoms. The van der Waals surface area contributed by atoms with Gasteiger partial charge in [0.25, 0.3) is 0 Å². The molecule has 0 saturated heterocycles. The highest BCUT2D eigenvalue weighted by Crippen LogP contribution is 2.33. The lowest BCUT2D eigenvalue weighted by molar-refractivity contribution is 0.0875. The maximum absolute atomic E-state index is 9.39. The van der Waals surface area contributed by atoms with Crippen LogP contribution in [-0.4, -0.2) is 8.32 Å². The fourth-order valence-corrected chi connectivity index (χ4v) is 3.26. The third-order valence-electron chi connectivity index (χ3n) is 2.13. The molecule has 0 spiro atoms. The second-order valence-corrected chi connectivity index (χ2v) is 10.1. The number of nitrogens with zero attached hydrogens (tertiary/aromatic N) is 1. The Balaban J connectivity index is 3.12. The Morgan fingerprint density at radius 1 is 1.50 bits per heavy atom. The Morgan fingerprint density at radius 3 is 2.44 bits per heavy atom. The summed E-state index contributed by atoms with van der Waals surface area (Å²) in [6, 6.07) is 5.95. The third kappa shape index (κ3) is 3.09. The van der Waals surface area contributed by atoms with Crippen LogP contribution in [0.2, 0.25) is 19.6 Å². The zero-order valence-electron chi connectivity index (χ0n) is 10.0. The van der Waals surface area contributed by atoms with Crippen LogP contribution in [0.4, 0.5) is 0 Å². The number of hydrogen-bond acceptors (Lipinski definition) is 3. The fraction of sp³-hybridized carbons (Fsp3) is 0.545. The lowest BCUT2D eigenvalue weighted by Gasteiger charge is -2.31. The molecule has 1 rings (SSSR count). The molecule has 0 saturated carbocycles. The van der Waals surface area contributed by atoms with Gasteiger partial charge < -0.3 is 8.84 Å². The summed E-state index contributed by atoms with van der Waals surface area (Å²) in [5, 5.41) is 9.39. The van der Waals surface area contributed by atoms with Crippen LogP contribution >= 0.6 is 22.6 Å². The number of furan rings is 1. The van der Waals surface area contributed by atoms with Gasteiger partial charge in [0.1, 0.15) is 6.07 Å². The van der Waals surface area contributed by atoms with Crippen molar-refractivity contribution >= 4 is 30.9 Å². The van der Waals surface area contributed by atoms with Crippen molar-refractivity contribution in [1.29, 1.82) is 5.26 Å². The topological polar surface area (TPSA) is 46.2 Å². The Kier molecular flexibility index (Phi) is 4.21. The van der Waals surface area contributed by atoms with Crippen molar-refractivity contribution in [2.45, 2.75) is 38.6 Å². The largest absolute Gasteiger partial charge is 0.451 e. The SMILES string of the molecule is CCC(C#N)(O[Si](C)(C)C)c1ccc(I)o1. The van der Waals surface area contributed by atoms with Crippen LogP contribution in [0.5, 0.6) is 0 Å². The van der Waals surface area contributed by atoms with Crippen molar-refractivity contribution in [3.8, 4) is 6.07 Å². The predicted molar refractivity (Wildman–Crippen MR) is 73.4 cm³/mol. The summed E-state index contributed by atoms with van der Waals surface area (Å²) < 4.78 is 12.3. The normalized spacial score (nSPS) is 15.5. The van der Waals surface area contributed by atoms with Crippen molar-refractivity contribution in [1.82, 2.24) is 0 Å². The first kappa shape index (κ1) is 13.7. The van der Waals surface area contributed by atoms with Gasteiger partial charge in [0.05, 0.1) is 0 Å². The minimum atomic E-state index is -1.79. The Labute approximate surface area is 111 Å². The first-order valence-electron chi connectivity index (χ1n) is 5.20. The second kappa shape index (κ2) is 4.90. The zero-order valence-corrected chi connectivity index (χ0v) is 13.2. The van der Waals surface area contributed by atoms with Gasteiger partial charge in [0.15, 0.2) is 17.8 Å². The summed E-state index contributed by atoms with van der Waals surface area (Å²) in [6.45, 7) is 8.16. The van der Waals surface area contributed by atoms with Crippen molar-refractivity contribution in [3.63, 3.8) is 0 Å². The van der Waals surface area contributed by atoms with E-state index in [9.17, 15) is 5.26 Å². The molecule has 5 heteroatoms. The van der Waals surface area contributed by atoms with Gasteiger partial charge in [0.2, 0.25) is 5.60 Å². The van der Waals surface area contributed by atoms with Crippen LogP contribution in [-0.2, 0) is 10.0 Å². The molecule has 0 aliphatic heterocycles. The molecule has 0 fully saturated rings. The standard InChI is InChI=1S/C11H16INO2Si/c1-5-11(8-13,15-16(2,3)4)9-6-7-10(12)14-9/h6-7H,5H2,1-4H3. The number of rotatable bonds is 4. The smallest absolute Gasteiger partial charge is 0.202 e. The lowest BCUT2D eigenvalue weighted by Crippen LogP contribution is -2.39. The van der Waals surface area contributed by atoms with Gasteiger partial charge in [-0.1, -0.05) is 6.92 Å². The molecule has 0 N–H and O–H groups in total. The molecular formula is C11H16INO2Si. The first-order chi connectivity index (χ1) is 7.33. The van der Waals surface area contributed by atoms with Crippen LogP contribution in [0, 0.1) is 15.1 Å². The quantitative estimate of drug-likeness (QED) is 0.612. The van der Waals surface area contributed by atoms with Gasteiger partial charge in [-0.25, -0.2) is 0 Å². The Morgan fingerprint density at radius 2 is 2.12 bits per heavy atom. The second-order valence-electron chi connectivity index (χ2n) is 4.61. The van der Waals surface area contributed by atoms with Gasteiger partial charge >= 0.3 is 0 Å². The van der Waals surface area contributed by atoms with Crippen LogP contribution in [0.15, 0.2) is 16.5 Å². The molecular weight excluding hydrogens is 333 g/mol. The van der Waals surface area contributed by atoms with E-state index in [1.165, 1.54) is 0 Å². The maximum Gasteiger partial charge on any atom is 0.202 e. The molecule has 1 unspecified atom stereocenters. The van der Waals surface area contributed by atoms with Crippen LogP contribution in [0.25, 0.3) is 0 Å². The summed E-state index contributed by atoms with van der Waals surface area (Å²) in [7, 11) is -1.79. The maximum atomic E-state index is 9.39. The highest BCUT2D eigenvalue weighted by atomic mass is 127. The van der Waals surface area contributed by atoms with Crippen molar-refractivity contribution in [2.75, 3.05) is 0 Å². The van der Waals surface area contributed by atoms with E-state index in [1.807, 2.05) is 19.1 Å². The lowest BCUT2D eigenvalue weighted by atomic mass is 10.0. The fourth-order valence-electron chi connectivity index (χ4n) is 1.51. The van der Waals surface area contributed by atoms with E-state index in [4.69, 9.17) is 8.84 Å². The van der Waals surface area contributed by atoms with E-state index in [1.54, 1.807) is 0 Å². The average molecular weight is 349 g/mol. The minimum absolute atomic E-state index is 0.595. The molecule has 0 aliphatic rings. The summed E-state index contributed by atoms with van der Waals surface area (Å²) in [5.74, 6) is 0.615. The molecule has 1 heterocycles. The molecule has 3 nitrogen and oxygen atoms in total. The number of halogens is 1. The van der Waals surface area contributed by atoms with E-state index < -0.39 is 13.9 Å². The van der Waals surface area contributed by atoms with E-state index in [2.05, 4.69) is 48.3 Å². The van der Waals surface area contributed by atoms with Gasteiger partial charge in [-0.15, -0.1) is 0 Å². The summed E-state index contributed by atoms with van der Waals surface area (Å²) >= 11 is 2.09. The zero-order chi connectivity index (χ0) is 12.4. The highest BCUT2D eigenvalue weighted by molar-refractivity contribution is 14.1. The average Bonchev–Trinajstić information content (AvgIpc) is 2.60. The summed E-state index contributed by atoms with van der Waals surface area (Å²) in [6.07, 6.45) is 0.595. The molecule has 88 valence electrons. The predicted octanol–water partition coefficient (Wildman–Crippen LogP) is 3.86. The summed E-state index contributed by atoms with van der Waals surface area (Å²) in [5.41, 5.74) is -0.923. The van der Waals surface area contributed by atoms with E-state index in [-0.39, 0.29) is 0 Å². The van der Waals surface area contributed by atoms with Crippen molar-refractivity contribution in [2.24, 2.45) is 0 Å². The Bertz CT molecular complexity index is 405. The van der Waals surface area contributed by atoms with E-state index >= 15 is 0 Å². The first-order valence-corrected chi connectivity index (χ1v) is 9.69. The summed E-state index contributed by atoms with van der Waals surface area (Å²) in [4.78, 5) is 0. The molecule has 0 amide bonds. The number of hydrogen-bond donors (Lipinski definition) is 0. The molecule has 1 aromatic rings. The molecule has 1 atom stereocenters. The van der Waals surface area contributed by atoms with Gasteiger partial charge in [-0.05, 0) is 60.8 Å². The number of nitriles is 1. The minimum Gasteiger partial charge on any atom is -0.451 e. The van der Waals surface area contributed by atoms with Crippen LogP contribution < -0.4 is 0 Å². The van der Waals surface area contributed by atoms with Crippen LogP contribution in [0.3, 0.4) is 0 Å². The van der Waals surface area contributed by atoms with Crippen LogP contribution in [0.1, 0.15) is 19.1 Å². The molecule has 1 aromatic heterocycles. The van der Waals surface area contributed by atoms with Gasteiger partial charge in [-0.2, -0.15) is 5.26 Å². The van der Waals surface area contributed by atoms with E-state index in [0.717, 1.165) is 3.77 Å². The highest BCUT2D eigenvalue weighted by Gasteiger charge is 2.39. The van der Waals surface area contributed by atoms with Gasteiger partial charge in [0, 0.05) is 0 Å². The Hall–Kier alpha value is -0.323. The third-order valence-corrected chi connectivity index (χ3v) is 3.67. The molecule has 0 aliphatic carbocycles. The monoisotopic (exact) mass is 349 g/mol. The molecule has 0 aromatic carbocycles. The molecule has 0 radical (unpaired) electrons. The van der Waals surface area contributed by atoms with E-state index in [0.29, 0.717) is 12.2 Å². The van der Waals surface area contributed by atoms with Gasteiger partial charge in [-0.3, -0.25) is 0 Å². The van der Waals surface area contributed by atoms with Crippen molar-refractivity contribution in [3.05, 3.63) is 21.7 Å². The van der Waals surface area contributed by atoms with Crippen molar-refractivity contribution < 1.29 is 8.84 Å².